The highest BCUT2D eigenvalue weighted by atomic mass is 35.5. The van der Waals surface area contributed by atoms with Crippen LogP contribution in [0, 0.1) is 6.92 Å². The molecule has 124 valence electrons. The molecular formula is C16H13Cl2N3O2S. The molecule has 8 heteroatoms. The van der Waals surface area contributed by atoms with Crippen LogP contribution in [0.15, 0.2) is 35.4 Å². The molecule has 24 heavy (non-hydrogen) atoms. The van der Waals surface area contributed by atoms with Gasteiger partial charge in [0.1, 0.15) is 10.9 Å². The van der Waals surface area contributed by atoms with Crippen LogP contribution >= 0.6 is 34.5 Å². The van der Waals surface area contributed by atoms with Crippen LogP contribution in [0.3, 0.4) is 0 Å². The molecule has 0 aliphatic heterocycles. The van der Waals surface area contributed by atoms with Crippen LogP contribution < -0.4 is 10.9 Å². The van der Waals surface area contributed by atoms with Crippen molar-refractivity contribution in [2.45, 2.75) is 19.9 Å². The number of carbonyl (C=O) groups excluding carboxylic acids is 1. The topological polar surface area (TPSA) is 64.0 Å². The van der Waals surface area contributed by atoms with Crippen LogP contribution in [0.25, 0.3) is 10.2 Å². The van der Waals surface area contributed by atoms with E-state index in [-0.39, 0.29) is 11.5 Å². The number of rotatable bonds is 3. The number of nitrogens with one attached hydrogen (secondary N) is 1. The van der Waals surface area contributed by atoms with Gasteiger partial charge in [-0.3, -0.25) is 14.2 Å². The number of aromatic nitrogens is 2. The first kappa shape index (κ1) is 17.0. The number of nitrogens with zero attached hydrogens (tertiary/aromatic N) is 2. The fraction of sp³-hybridized carbons (Fsp3) is 0.188. The molecule has 1 atom stereocenters. The number of carbonyl (C=O) groups is 1. The summed E-state index contributed by atoms with van der Waals surface area (Å²) in [6.45, 7) is 3.54. The van der Waals surface area contributed by atoms with Crippen molar-refractivity contribution in [2.75, 3.05) is 5.32 Å². The summed E-state index contributed by atoms with van der Waals surface area (Å²) in [5.41, 5.74) is 0.152. The molecule has 0 fully saturated rings. The number of hydrogen-bond donors (Lipinski definition) is 1. The van der Waals surface area contributed by atoms with Crippen LogP contribution in [0.1, 0.15) is 17.8 Å². The van der Waals surface area contributed by atoms with Gasteiger partial charge < -0.3 is 5.32 Å². The van der Waals surface area contributed by atoms with E-state index in [0.29, 0.717) is 25.9 Å². The van der Waals surface area contributed by atoms with Crippen LogP contribution in [-0.2, 0) is 4.79 Å². The van der Waals surface area contributed by atoms with Crippen molar-refractivity contribution < 1.29 is 4.79 Å². The average Bonchev–Trinajstić information content (AvgIpc) is 2.92. The molecule has 0 saturated heterocycles. The highest BCUT2D eigenvalue weighted by molar-refractivity contribution is 7.18. The van der Waals surface area contributed by atoms with Crippen LogP contribution in [0.5, 0.6) is 0 Å². The Labute approximate surface area is 151 Å². The van der Waals surface area contributed by atoms with Gasteiger partial charge in [-0.15, -0.1) is 11.3 Å². The predicted molar refractivity (Wildman–Crippen MR) is 98.4 cm³/mol. The summed E-state index contributed by atoms with van der Waals surface area (Å²) in [7, 11) is 0. The largest absolute Gasteiger partial charge is 0.323 e. The van der Waals surface area contributed by atoms with Gasteiger partial charge in [-0.25, -0.2) is 4.98 Å². The summed E-state index contributed by atoms with van der Waals surface area (Å²) in [5.74, 6) is -0.380. The molecule has 0 spiro atoms. The van der Waals surface area contributed by atoms with Gasteiger partial charge in [-0.1, -0.05) is 23.2 Å². The maximum Gasteiger partial charge on any atom is 0.262 e. The lowest BCUT2D eigenvalue weighted by atomic mass is 10.2. The first-order chi connectivity index (χ1) is 11.4. The van der Waals surface area contributed by atoms with Crippen LogP contribution in [0.2, 0.25) is 10.0 Å². The molecule has 2 aromatic heterocycles. The Morgan fingerprint density at radius 2 is 2.08 bits per heavy atom. The highest BCUT2D eigenvalue weighted by Gasteiger charge is 2.19. The third-order valence-corrected chi connectivity index (χ3v) is 5.11. The normalized spacial score (nSPS) is 12.3. The molecule has 1 amide bonds. The summed E-state index contributed by atoms with van der Waals surface area (Å²) >= 11 is 13.4. The lowest BCUT2D eigenvalue weighted by Gasteiger charge is -2.15. The molecule has 2 heterocycles. The summed E-state index contributed by atoms with van der Waals surface area (Å²) in [6, 6.07) is 5.82. The maximum atomic E-state index is 12.6. The Balaban J connectivity index is 1.92. The first-order valence-electron chi connectivity index (χ1n) is 7.10. The number of halogens is 2. The molecule has 0 aliphatic rings. The Morgan fingerprint density at radius 1 is 1.33 bits per heavy atom. The summed E-state index contributed by atoms with van der Waals surface area (Å²) in [6.07, 6.45) is 1.39. The number of benzene rings is 1. The van der Waals surface area contributed by atoms with Gasteiger partial charge in [0.15, 0.2) is 0 Å². The van der Waals surface area contributed by atoms with E-state index in [1.807, 2.05) is 6.92 Å². The zero-order valence-corrected chi connectivity index (χ0v) is 15.2. The second kappa shape index (κ2) is 6.55. The molecule has 3 aromatic rings. The molecule has 0 unspecified atom stereocenters. The summed E-state index contributed by atoms with van der Waals surface area (Å²) in [4.78, 5) is 31.0. The second-order valence-corrected chi connectivity index (χ2v) is 7.40. The monoisotopic (exact) mass is 381 g/mol. The van der Waals surface area contributed by atoms with E-state index in [1.165, 1.54) is 22.2 Å². The van der Waals surface area contributed by atoms with Gasteiger partial charge >= 0.3 is 0 Å². The maximum absolute atomic E-state index is 12.6. The second-order valence-electron chi connectivity index (χ2n) is 5.32. The van der Waals surface area contributed by atoms with Gasteiger partial charge in [0.05, 0.1) is 22.4 Å². The lowest BCUT2D eigenvalue weighted by molar-refractivity contribution is -0.118. The SMILES string of the molecule is Cc1cc2c(=O)n([C@H](C)C(=O)Nc3cc(Cl)ccc3Cl)cnc2s1. The third kappa shape index (κ3) is 3.17. The summed E-state index contributed by atoms with van der Waals surface area (Å²) < 4.78 is 1.31. The van der Waals surface area contributed by atoms with Crippen molar-refractivity contribution >= 4 is 56.3 Å². The van der Waals surface area contributed by atoms with E-state index >= 15 is 0 Å². The van der Waals surface area contributed by atoms with Crippen molar-refractivity contribution in [1.82, 2.24) is 9.55 Å². The zero-order valence-electron chi connectivity index (χ0n) is 12.8. The van der Waals surface area contributed by atoms with E-state index in [0.717, 1.165) is 4.88 Å². The van der Waals surface area contributed by atoms with Crippen LogP contribution in [-0.4, -0.2) is 15.5 Å². The van der Waals surface area contributed by atoms with E-state index < -0.39 is 6.04 Å². The van der Waals surface area contributed by atoms with Gasteiger partial charge in [0.2, 0.25) is 5.91 Å². The van der Waals surface area contributed by atoms with E-state index in [1.54, 1.807) is 31.2 Å². The zero-order chi connectivity index (χ0) is 17.4. The van der Waals surface area contributed by atoms with E-state index in [9.17, 15) is 9.59 Å². The van der Waals surface area contributed by atoms with Crippen LogP contribution in [0.4, 0.5) is 5.69 Å². The van der Waals surface area contributed by atoms with E-state index in [2.05, 4.69) is 10.3 Å². The highest BCUT2D eigenvalue weighted by Crippen LogP contribution is 2.26. The van der Waals surface area contributed by atoms with Gasteiger partial charge in [-0.2, -0.15) is 0 Å². The minimum atomic E-state index is -0.746. The number of hydrogen-bond acceptors (Lipinski definition) is 4. The Hall–Kier alpha value is -1.89. The minimum Gasteiger partial charge on any atom is -0.323 e. The van der Waals surface area contributed by atoms with Crippen molar-refractivity contribution in [3.63, 3.8) is 0 Å². The van der Waals surface area contributed by atoms with Crippen molar-refractivity contribution in [1.29, 1.82) is 0 Å². The molecule has 0 bridgehead atoms. The number of fused-ring (bicyclic) bond motifs is 1. The molecule has 0 radical (unpaired) electrons. The van der Waals surface area contributed by atoms with Crippen molar-refractivity contribution in [3.05, 3.63) is 55.9 Å². The number of thiophene rings is 1. The Bertz CT molecular complexity index is 997. The average molecular weight is 382 g/mol. The third-order valence-electron chi connectivity index (χ3n) is 3.58. The van der Waals surface area contributed by atoms with E-state index in [4.69, 9.17) is 23.2 Å². The molecule has 0 saturated carbocycles. The smallest absolute Gasteiger partial charge is 0.262 e. The van der Waals surface area contributed by atoms with Gasteiger partial charge in [0.25, 0.3) is 5.56 Å². The molecule has 5 nitrogen and oxygen atoms in total. The number of amides is 1. The van der Waals surface area contributed by atoms with Gasteiger partial charge in [0, 0.05) is 9.90 Å². The summed E-state index contributed by atoms with van der Waals surface area (Å²) in [5, 5.41) is 4.03. The van der Waals surface area contributed by atoms with Gasteiger partial charge in [-0.05, 0) is 38.1 Å². The molecule has 1 aromatic carbocycles. The predicted octanol–water partition coefficient (Wildman–Crippen LogP) is 4.27. The molecular weight excluding hydrogens is 369 g/mol. The molecule has 1 N–H and O–H groups in total. The quantitative estimate of drug-likeness (QED) is 0.736. The minimum absolute atomic E-state index is 0.246. The van der Waals surface area contributed by atoms with Crippen molar-refractivity contribution in [3.8, 4) is 0 Å². The molecule has 0 aliphatic carbocycles. The fourth-order valence-electron chi connectivity index (χ4n) is 2.29. The standard InChI is InChI=1S/C16H13Cl2N3O2S/c1-8-5-11-15(24-8)19-7-21(16(11)23)9(2)14(22)20-13-6-10(17)3-4-12(13)18/h3-7,9H,1-2H3,(H,20,22)/t9-/m1/s1. The Morgan fingerprint density at radius 3 is 2.83 bits per heavy atom. The fourth-order valence-corrected chi connectivity index (χ4v) is 3.46. The number of anilines is 1. The number of aryl methyl sites for hydroxylation is 1. The Kier molecular flexibility index (Phi) is 4.62. The molecule has 3 rings (SSSR count). The lowest BCUT2D eigenvalue weighted by Crippen LogP contribution is -2.31. The first-order valence-corrected chi connectivity index (χ1v) is 8.67. The van der Waals surface area contributed by atoms with Crippen molar-refractivity contribution in [2.24, 2.45) is 0 Å².